The number of hydrogen-bond acceptors (Lipinski definition) is 5. The Morgan fingerprint density at radius 2 is 1.58 bits per heavy atom. The Morgan fingerprint density at radius 3 is 2.16 bits per heavy atom. The zero-order valence-electron chi connectivity index (χ0n) is 22.4. The van der Waals surface area contributed by atoms with Gasteiger partial charge in [0.05, 0.1) is 23.2 Å². The van der Waals surface area contributed by atoms with E-state index in [1.54, 1.807) is 18.2 Å². The van der Waals surface area contributed by atoms with Crippen molar-refractivity contribution in [3.63, 3.8) is 0 Å². The summed E-state index contributed by atoms with van der Waals surface area (Å²) in [6.07, 6.45) is 0. The fourth-order valence-corrected chi connectivity index (χ4v) is 5.20. The molecule has 1 fully saturated rings. The first kappa shape index (κ1) is 27.3. The van der Waals surface area contributed by atoms with Crippen molar-refractivity contribution in [2.24, 2.45) is 0 Å². The maximum atomic E-state index is 13.5. The minimum atomic E-state index is -0.812. The second-order valence-electron chi connectivity index (χ2n) is 9.36. The van der Waals surface area contributed by atoms with E-state index in [-0.39, 0.29) is 11.3 Å². The lowest BCUT2D eigenvalue weighted by molar-refractivity contribution is -0.132. The second-order valence-corrected chi connectivity index (χ2v) is 9.76. The van der Waals surface area contributed by atoms with Gasteiger partial charge in [-0.15, -0.1) is 0 Å². The smallest absolute Gasteiger partial charge is 0.300 e. The molecule has 0 bridgehead atoms. The average molecular weight is 533 g/mol. The van der Waals surface area contributed by atoms with Crippen molar-refractivity contribution >= 4 is 40.4 Å². The van der Waals surface area contributed by atoms with Crippen LogP contribution in [-0.4, -0.2) is 36.5 Å². The number of rotatable bonds is 8. The normalized spacial score (nSPS) is 16.7. The van der Waals surface area contributed by atoms with Crippen LogP contribution in [0.5, 0.6) is 5.75 Å². The molecule has 6 nitrogen and oxygen atoms in total. The fourth-order valence-electron chi connectivity index (χ4n) is 5.03. The molecule has 198 valence electrons. The predicted octanol–water partition coefficient (Wildman–Crippen LogP) is 6.83. The number of aliphatic hydroxyl groups excluding tert-OH is 1. The standard InChI is InChI=1S/C31H33ClN2O4/c1-6-33(7-2)23-12-9-21(10-13-23)28-27(29(35)22-11-14-25(32)26(18-22)38-8-3)30(36)31(37)34(28)24-16-19(4)15-20(5)17-24/h9-18,28,35H,6-8H2,1-5H3/b29-27-. The van der Waals surface area contributed by atoms with Gasteiger partial charge in [0.1, 0.15) is 11.5 Å². The first-order valence-electron chi connectivity index (χ1n) is 12.9. The molecule has 1 amide bonds. The molecule has 1 unspecified atom stereocenters. The number of benzene rings is 3. The Kier molecular flexibility index (Phi) is 8.12. The van der Waals surface area contributed by atoms with Crippen molar-refractivity contribution in [1.29, 1.82) is 0 Å². The largest absolute Gasteiger partial charge is 0.507 e. The molecular formula is C31H33ClN2O4. The number of hydrogen-bond donors (Lipinski definition) is 1. The van der Waals surface area contributed by atoms with Crippen LogP contribution in [0.4, 0.5) is 11.4 Å². The summed E-state index contributed by atoms with van der Waals surface area (Å²) in [5.41, 5.74) is 4.68. The monoisotopic (exact) mass is 532 g/mol. The summed E-state index contributed by atoms with van der Waals surface area (Å²) in [5.74, 6) is -1.31. The van der Waals surface area contributed by atoms with Crippen molar-refractivity contribution in [2.75, 3.05) is 29.5 Å². The van der Waals surface area contributed by atoms with E-state index < -0.39 is 17.7 Å². The number of ketones is 1. The molecule has 0 aromatic heterocycles. The van der Waals surface area contributed by atoms with E-state index in [0.29, 0.717) is 28.6 Å². The van der Waals surface area contributed by atoms with E-state index in [1.165, 1.54) is 4.90 Å². The number of halogens is 1. The number of ether oxygens (including phenoxy) is 1. The average Bonchev–Trinajstić information content (AvgIpc) is 3.16. The van der Waals surface area contributed by atoms with Gasteiger partial charge in [0.2, 0.25) is 0 Å². The quantitative estimate of drug-likeness (QED) is 0.196. The van der Waals surface area contributed by atoms with Crippen molar-refractivity contribution in [3.05, 3.63) is 93.5 Å². The highest BCUT2D eigenvalue weighted by atomic mass is 35.5. The minimum absolute atomic E-state index is 0.0227. The summed E-state index contributed by atoms with van der Waals surface area (Å²) in [6.45, 7) is 12.0. The van der Waals surface area contributed by atoms with Crippen molar-refractivity contribution in [1.82, 2.24) is 0 Å². The van der Waals surface area contributed by atoms with E-state index >= 15 is 0 Å². The van der Waals surface area contributed by atoms with Gasteiger partial charge in [-0.3, -0.25) is 14.5 Å². The van der Waals surface area contributed by atoms with Gasteiger partial charge in [-0.05, 0) is 93.8 Å². The van der Waals surface area contributed by atoms with Crippen LogP contribution in [-0.2, 0) is 9.59 Å². The number of anilines is 2. The number of aliphatic hydroxyl groups is 1. The first-order valence-corrected chi connectivity index (χ1v) is 13.2. The Bertz CT molecular complexity index is 1370. The molecule has 3 aromatic rings. The number of aryl methyl sites for hydroxylation is 2. The Hall–Kier alpha value is -3.77. The van der Waals surface area contributed by atoms with Crippen LogP contribution in [0.1, 0.15) is 49.1 Å². The van der Waals surface area contributed by atoms with Crippen LogP contribution in [0.2, 0.25) is 5.02 Å². The van der Waals surface area contributed by atoms with Gasteiger partial charge in [-0.1, -0.05) is 29.8 Å². The predicted molar refractivity (Wildman–Crippen MR) is 153 cm³/mol. The second kappa shape index (κ2) is 11.3. The molecular weight excluding hydrogens is 500 g/mol. The summed E-state index contributed by atoms with van der Waals surface area (Å²) < 4.78 is 5.59. The van der Waals surface area contributed by atoms with E-state index in [2.05, 4.69) is 18.7 Å². The zero-order valence-corrected chi connectivity index (χ0v) is 23.2. The Morgan fingerprint density at radius 1 is 0.947 bits per heavy atom. The van der Waals surface area contributed by atoms with E-state index in [0.717, 1.165) is 35.5 Å². The summed E-state index contributed by atoms with van der Waals surface area (Å²) in [4.78, 5) is 30.8. The van der Waals surface area contributed by atoms with Crippen molar-refractivity contribution in [2.45, 2.75) is 40.7 Å². The van der Waals surface area contributed by atoms with E-state index in [4.69, 9.17) is 16.3 Å². The molecule has 4 rings (SSSR count). The lowest BCUT2D eigenvalue weighted by Crippen LogP contribution is -2.29. The first-order chi connectivity index (χ1) is 18.2. The van der Waals surface area contributed by atoms with Crippen LogP contribution < -0.4 is 14.5 Å². The topological polar surface area (TPSA) is 70.1 Å². The molecule has 1 N–H and O–H groups in total. The van der Waals surface area contributed by atoms with E-state index in [1.807, 2.05) is 63.2 Å². The van der Waals surface area contributed by atoms with Gasteiger partial charge >= 0.3 is 0 Å². The summed E-state index contributed by atoms with van der Waals surface area (Å²) in [6, 6.07) is 17.6. The number of nitrogens with zero attached hydrogens (tertiary/aromatic N) is 2. The summed E-state index contributed by atoms with van der Waals surface area (Å²) in [5, 5.41) is 11.9. The van der Waals surface area contributed by atoms with Crippen LogP contribution in [0.25, 0.3) is 5.76 Å². The summed E-state index contributed by atoms with van der Waals surface area (Å²) in [7, 11) is 0. The van der Waals surface area contributed by atoms with Crippen molar-refractivity contribution in [3.8, 4) is 5.75 Å². The Labute approximate surface area is 229 Å². The molecule has 1 saturated heterocycles. The van der Waals surface area contributed by atoms with Gasteiger partial charge in [0, 0.05) is 30.0 Å². The number of Topliss-reactive ketones (excluding diaryl/α,β-unsaturated/α-hetero) is 1. The van der Waals surface area contributed by atoms with Crippen molar-refractivity contribution < 1.29 is 19.4 Å². The fraction of sp³-hybridized carbons (Fsp3) is 0.290. The number of carbonyl (C=O) groups excluding carboxylic acids is 2. The number of carbonyl (C=O) groups is 2. The van der Waals surface area contributed by atoms with Gasteiger partial charge in [0.25, 0.3) is 11.7 Å². The van der Waals surface area contributed by atoms with Crippen LogP contribution in [0.3, 0.4) is 0 Å². The van der Waals surface area contributed by atoms with Gasteiger partial charge in [0.15, 0.2) is 0 Å². The highest BCUT2D eigenvalue weighted by Gasteiger charge is 2.47. The third-order valence-electron chi connectivity index (χ3n) is 6.77. The molecule has 0 radical (unpaired) electrons. The molecule has 0 spiro atoms. The lowest BCUT2D eigenvalue weighted by Gasteiger charge is -2.27. The highest BCUT2D eigenvalue weighted by Crippen LogP contribution is 2.43. The maximum absolute atomic E-state index is 13.5. The highest BCUT2D eigenvalue weighted by molar-refractivity contribution is 6.51. The van der Waals surface area contributed by atoms with E-state index in [9.17, 15) is 14.7 Å². The zero-order chi connectivity index (χ0) is 27.6. The van der Waals surface area contributed by atoms with Gasteiger partial charge in [-0.2, -0.15) is 0 Å². The lowest BCUT2D eigenvalue weighted by atomic mass is 9.94. The molecule has 0 aliphatic carbocycles. The molecule has 0 saturated carbocycles. The van der Waals surface area contributed by atoms with Gasteiger partial charge in [-0.25, -0.2) is 0 Å². The third kappa shape index (κ3) is 5.14. The molecule has 1 aliphatic rings. The summed E-state index contributed by atoms with van der Waals surface area (Å²) >= 11 is 6.26. The molecule has 38 heavy (non-hydrogen) atoms. The molecule has 1 atom stereocenters. The van der Waals surface area contributed by atoms with Crippen LogP contribution >= 0.6 is 11.6 Å². The van der Waals surface area contributed by atoms with Gasteiger partial charge < -0.3 is 14.7 Å². The maximum Gasteiger partial charge on any atom is 0.300 e. The minimum Gasteiger partial charge on any atom is -0.507 e. The third-order valence-corrected chi connectivity index (χ3v) is 7.08. The van der Waals surface area contributed by atoms with Crippen LogP contribution in [0.15, 0.2) is 66.2 Å². The SMILES string of the molecule is CCOc1cc(/C(O)=C2/C(=O)C(=O)N(c3cc(C)cc(C)c3)C2c2ccc(N(CC)CC)cc2)ccc1Cl. The number of amides is 1. The molecule has 1 heterocycles. The Balaban J connectivity index is 1.92. The molecule has 7 heteroatoms. The molecule has 1 aliphatic heterocycles. The molecule has 3 aromatic carbocycles. The van der Waals surface area contributed by atoms with Crippen LogP contribution in [0, 0.1) is 13.8 Å².